The third-order valence-electron chi connectivity index (χ3n) is 2.65. The molecule has 0 saturated carbocycles. The smallest absolute Gasteiger partial charge is 0.159 e. The van der Waals surface area contributed by atoms with Crippen LogP contribution < -0.4 is 11.3 Å². The average molecular weight is 238 g/mol. The van der Waals surface area contributed by atoms with Gasteiger partial charge in [0, 0.05) is 5.56 Å². The summed E-state index contributed by atoms with van der Waals surface area (Å²) in [6.07, 6.45) is 1.52. The molecule has 90 valence electrons. The van der Waals surface area contributed by atoms with E-state index in [-0.39, 0.29) is 0 Å². The van der Waals surface area contributed by atoms with Crippen LogP contribution in [0.4, 0.5) is 8.78 Å². The van der Waals surface area contributed by atoms with E-state index in [0.29, 0.717) is 11.3 Å². The van der Waals surface area contributed by atoms with Gasteiger partial charge in [-0.25, -0.2) is 14.2 Å². The summed E-state index contributed by atoms with van der Waals surface area (Å²) in [5.41, 5.74) is 3.89. The van der Waals surface area contributed by atoms with E-state index in [9.17, 15) is 8.78 Å². The van der Waals surface area contributed by atoms with Gasteiger partial charge in [0.2, 0.25) is 0 Å². The standard InChI is InChI=1S/C12H12F2N2O/c1-7-9(4-5-17-7)12(16-15)8-2-3-10(13)11(14)6-8/h2-6,12,16H,15H2,1H3. The molecule has 1 heterocycles. The predicted octanol–water partition coefficient (Wildman–Crippen LogP) is 2.42. The molecule has 0 spiro atoms. The van der Waals surface area contributed by atoms with E-state index in [1.165, 1.54) is 12.3 Å². The van der Waals surface area contributed by atoms with Gasteiger partial charge >= 0.3 is 0 Å². The minimum absolute atomic E-state index is 0.427. The first-order chi connectivity index (χ1) is 8.13. The molecular formula is C12H12F2N2O. The van der Waals surface area contributed by atoms with Gasteiger partial charge in [0.15, 0.2) is 11.6 Å². The van der Waals surface area contributed by atoms with Gasteiger partial charge in [-0.05, 0) is 30.7 Å². The minimum atomic E-state index is -0.899. The number of hydrazine groups is 1. The van der Waals surface area contributed by atoms with Crippen molar-refractivity contribution in [3.8, 4) is 0 Å². The maximum Gasteiger partial charge on any atom is 0.159 e. The molecule has 2 rings (SSSR count). The fourth-order valence-electron chi connectivity index (χ4n) is 1.75. The number of hydrogen-bond donors (Lipinski definition) is 2. The number of benzene rings is 1. The van der Waals surface area contributed by atoms with Crippen LogP contribution in [0.2, 0.25) is 0 Å². The van der Waals surface area contributed by atoms with Crippen molar-refractivity contribution in [3.63, 3.8) is 0 Å². The number of nitrogens with one attached hydrogen (secondary N) is 1. The molecule has 0 radical (unpaired) electrons. The Labute approximate surface area is 97.2 Å². The Morgan fingerprint density at radius 1 is 1.24 bits per heavy atom. The fraction of sp³-hybridized carbons (Fsp3) is 0.167. The Balaban J connectivity index is 2.42. The number of rotatable bonds is 3. The van der Waals surface area contributed by atoms with Crippen molar-refractivity contribution in [3.05, 3.63) is 59.1 Å². The summed E-state index contributed by atoms with van der Waals surface area (Å²) in [6.45, 7) is 1.78. The van der Waals surface area contributed by atoms with Crippen molar-refractivity contribution in [1.29, 1.82) is 0 Å². The summed E-state index contributed by atoms with van der Waals surface area (Å²) in [4.78, 5) is 0. The Bertz CT molecular complexity index is 525. The highest BCUT2D eigenvalue weighted by Gasteiger charge is 2.17. The first-order valence-electron chi connectivity index (χ1n) is 5.08. The van der Waals surface area contributed by atoms with Crippen LogP contribution in [0.1, 0.15) is 22.9 Å². The molecule has 0 aliphatic carbocycles. The molecule has 1 atom stereocenters. The van der Waals surface area contributed by atoms with Gasteiger partial charge in [-0.1, -0.05) is 6.07 Å². The van der Waals surface area contributed by atoms with Crippen LogP contribution in [0.15, 0.2) is 34.9 Å². The molecule has 0 aliphatic rings. The third-order valence-corrected chi connectivity index (χ3v) is 2.65. The van der Waals surface area contributed by atoms with Crippen LogP contribution in [-0.2, 0) is 0 Å². The maximum absolute atomic E-state index is 13.2. The summed E-state index contributed by atoms with van der Waals surface area (Å²) in [7, 11) is 0. The lowest BCUT2D eigenvalue weighted by Gasteiger charge is -2.15. The van der Waals surface area contributed by atoms with Crippen molar-refractivity contribution < 1.29 is 13.2 Å². The Hall–Kier alpha value is -1.72. The number of nitrogens with two attached hydrogens (primary N) is 1. The lowest BCUT2D eigenvalue weighted by Crippen LogP contribution is -2.29. The van der Waals surface area contributed by atoms with Crippen LogP contribution in [0.5, 0.6) is 0 Å². The molecule has 2 aromatic rings. The van der Waals surface area contributed by atoms with Crippen molar-refractivity contribution in [2.75, 3.05) is 0 Å². The third kappa shape index (κ3) is 2.20. The van der Waals surface area contributed by atoms with Crippen LogP contribution in [0.3, 0.4) is 0 Å². The van der Waals surface area contributed by atoms with Crippen molar-refractivity contribution in [2.45, 2.75) is 13.0 Å². The fourth-order valence-corrected chi connectivity index (χ4v) is 1.75. The van der Waals surface area contributed by atoms with Crippen molar-refractivity contribution in [2.24, 2.45) is 5.84 Å². The molecule has 5 heteroatoms. The van der Waals surface area contributed by atoms with Gasteiger partial charge in [-0.3, -0.25) is 5.84 Å². The molecule has 0 aliphatic heterocycles. The van der Waals surface area contributed by atoms with Crippen LogP contribution in [0.25, 0.3) is 0 Å². The highest BCUT2D eigenvalue weighted by Crippen LogP contribution is 2.25. The summed E-state index contributed by atoms with van der Waals surface area (Å²) in [6, 6.07) is 4.98. The van der Waals surface area contributed by atoms with E-state index >= 15 is 0 Å². The topological polar surface area (TPSA) is 51.2 Å². The van der Waals surface area contributed by atoms with Crippen molar-refractivity contribution in [1.82, 2.24) is 5.43 Å². The van der Waals surface area contributed by atoms with Gasteiger partial charge in [0.1, 0.15) is 5.76 Å². The van der Waals surface area contributed by atoms with Gasteiger partial charge in [0.25, 0.3) is 0 Å². The molecular weight excluding hydrogens is 226 g/mol. The Kier molecular flexibility index (Phi) is 3.21. The van der Waals surface area contributed by atoms with Gasteiger partial charge in [-0.15, -0.1) is 0 Å². The van der Waals surface area contributed by atoms with E-state index in [1.54, 1.807) is 13.0 Å². The van der Waals surface area contributed by atoms with E-state index in [4.69, 9.17) is 10.3 Å². The van der Waals surface area contributed by atoms with Crippen molar-refractivity contribution >= 4 is 0 Å². The Morgan fingerprint density at radius 3 is 2.53 bits per heavy atom. The largest absolute Gasteiger partial charge is 0.469 e. The summed E-state index contributed by atoms with van der Waals surface area (Å²) in [5, 5.41) is 0. The predicted molar refractivity (Wildman–Crippen MR) is 59.0 cm³/mol. The summed E-state index contributed by atoms with van der Waals surface area (Å²) < 4.78 is 31.2. The Morgan fingerprint density at radius 2 is 2.00 bits per heavy atom. The lowest BCUT2D eigenvalue weighted by molar-refractivity contribution is 0.501. The summed E-state index contributed by atoms with van der Waals surface area (Å²) >= 11 is 0. The highest BCUT2D eigenvalue weighted by molar-refractivity contribution is 5.33. The average Bonchev–Trinajstić information content (AvgIpc) is 2.71. The molecule has 3 N–H and O–H groups in total. The zero-order valence-electron chi connectivity index (χ0n) is 9.21. The zero-order valence-corrected chi connectivity index (χ0v) is 9.21. The molecule has 0 bridgehead atoms. The second kappa shape index (κ2) is 4.65. The molecule has 0 saturated heterocycles. The van der Waals surface area contributed by atoms with E-state index in [2.05, 4.69) is 5.43 Å². The zero-order chi connectivity index (χ0) is 12.4. The maximum atomic E-state index is 13.2. The van der Waals surface area contributed by atoms with Crippen LogP contribution in [-0.4, -0.2) is 0 Å². The van der Waals surface area contributed by atoms with E-state index in [1.807, 2.05) is 0 Å². The van der Waals surface area contributed by atoms with Gasteiger partial charge in [0.05, 0.1) is 12.3 Å². The minimum Gasteiger partial charge on any atom is -0.469 e. The lowest BCUT2D eigenvalue weighted by atomic mass is 10.00. The number of aryl methyl sites for hydroxylation is 1. The van der Waals surface area contributed by atoms with Gasteiger partial charge in [-0.2, -0.15) is 0 Å². The first kappa shape index (κ1) is 11.8. The second-order valence-electron chi connectivity index (χ2n) is 3.71. The first-order valence-corrected chi connectivity index (χ1v) is 5.08. The molecule has 3 nitrogen and oxygen atoms in total. The number of halogens is 2. The van der Waals surface area contributed by atoms with Crippen LogP contribution >= 0.6 is 0 Å². The SMILES string of the molecule is Cc1occc1C(NN)c1ccc(F)c(F)c1. The normalized spacial score (nSPS) is 12.7. The quantitative estimate of drug-likeness (QED) is 0.637. The highest BCUT2D eigenvalue weighted by atomic mass is 19.2. The molecule has 1 aromatic carbocycles. The van der Waals surface area contributed by atoms with Gasteiger partial charge < -0.3 is 4.42 Å². The molecule has 1 unspecified atom stereocenters. The van der Waals surface area contributed by atoms with Crippen LogP contribution in [0, 0.1) is 18.6 Å². The summed E-state index contributed by atoms with van der Waals surface area (Å²) in [5.74, 6) is 4.34. The molecule has 0 fully saturated rings. The monoisotopic (exact) mass is 238 g/mol. The number of furan rings is 1. The molecule has 17 heavy (non-hydrogen) atoms. The van der Waals surface area contributed by atoms with E-state index in [0.717, 1.165) is 17.7 Å². The number of hydrogen-bond acceptors (Lipinski definition) is 3. The molecule has 0 amide bonds. The molecule has 1 aromatic heterocycles. The van der Waals surface area contributed by atoms with E-state index < -0.39 is 17.7 Å². The second-order valence-corrected chi connectivity index (χ2v) is 3.71.